The molecule has 19 heavy (non-hydrogen) atoms. The average Bonchev–Trinajstić information content (AvgIpc) is 2.43. The van der Waals surface area contributed by atoms with Crippen molar-refractivity contribution in [2.24, 2.45) is 0 Å². The van der Waals surface area contributed by atoms with Crippen LogP contribution in [0.5, 0.6) is 0 Å². The first-order valence-corrected chi connectivity index (χ1v) is 7.11. The molecule has 0 aromatic heterocycles. The van der Waals surface area contributed by atoms with Gasteiger partial charge in [-0.1, -0.05) is 55.5 Å². The third kappa shape index (κ3) is 2.43. The molecule has 1 aliphatic heterocycles. The maximum Gasteiger partial charge on any atom is 0.0211 e. The lowest BCUT2D eigenvalue weighted by Crippen LogP contribution is -2.40. The summed E-state index contributed by atoms with van der Waals surface area (Å²) >= 11 is 0. The molecule has 1 nitrogen and oxygen atoms in total. The highest BCUT2D eigenvalue weighted by molar-refractivity contribution is 5.40. The Hall–Kier alpha value is -1.60. The van der Waals surface area contributed by atoms with Gasteiger partial charge in [0.25, 0.3) is 0 Å². The van der Waals surface area contributed by atoms with Crippen molar-refractivity contribution in [1.29, 1.82) is 0 Å². The normalized spacial score (nSPS) is 22.0. The third-order valence-electron chi connectivity index (χ3n) is 4.33. The quantitative estimate of drug-likeness (QED) is 0.855. The van der Waals surface area contributed by atoms with Crippen molar-refractivity contribution in [2.45, 2.75) is 38.8 Å². The Kier molecular flexibility index (Phi) is 3.39. The molecule has 0 spiro atoms. The van der Waals surface area contributed by atoms with Crippen LogP contribution in [0, 0.1) is 6.92 Å². The van der Waals surface area contributed by atoms with Crippen molar-refractivity contribution in [3.05, 3.63) is 70.8 Å². The summed E-state index contributed by atoms with van der Waals surface area (Å²) in [5.74, 6) is 0.574. The topological polar surface area (TPSA) is 12.0 Å². The number of fused-ring (bicyclic) bond motifs is 1. The lowest BCUT2D eigenvalue weighted by atomic mass is 9.81. The average molecular weight is 251 g/mol. The first kappa shape index (κ1) is 12.4. The fourth-order valence-corrected chi connectivity index (χ4v) is 3.28. The van der Waals surface area contributed by atoms with Crippen LogP contribution in [0.4, 0.5) is 0 Å². The van der Waals surface area contributed by atoms with E-state index in [0.29, 0.717) is 12.0 Å². The van der Waals surface area contributed by atoms with E-state index >= 15 is 0 Å². The Labute approximate surface area is 115 Å². The summed E-state index contributed by atoms with van der Waals surface area (Å²) in [6.45, 7) is 5.59. The molecule has 98 valence electrons. The van der Waals surface area contributed by atoms with E-state index in [9.17, 15) is 0 Å². The minimum Gasteiger partial charge on any atom is -0.309 e. The summed E-state index contributed by atoms with van der Waals surface area (Å²) in [7, 11) is 0. The minimum atomic E-state index is 0.538. The Balaban J connectivity index is 1.85. The predicted octanol–water partition coefficient (Wildman–Crippen LogP) is 3.81. The first-order valence-electron chi connectivity index (χ1n) is 7.11. The van der Waals surface area contributed by atoms with E-state index in [1.54, 1.807) is 5.56 Å². The molecule has 0 saturated heterocycles. The number of benzene rings is 2. The van der Waals surface area contributed by atoms with Gasteiger partial charge < -0.3 is 5.32 Å². The number of hydrogen-bond donors (Lipinski definition) is 1. The van der Waals surface area contributed by atoms with E-state index in [2.05, 4.69) is 67.7 Å². The molecule has 0 aliphatic carbocycles. The maximum absolute atomic E-state index is 3.70. The molecule has 2 unspecified atom stereocenters. The lowest BCUT2D eigenvalue weighted by molar-refractivity contribution is 0.416. The number of aryl methyl sites for hydroxylation is 1. The van der Waals surface area contributed by atoms with Crippen LogP contribution in [0.25, 0.3) is 0 Å². The van der Waals surface area contributed by atoms with Gasteiger partial charge in [-0.25, -0.2) is 0 Å². The van der Waals surface area contributed by atoms with Crippen LogP contribution in [0.15, 0.2) is 48.5 Å². The van der Waals surface area contributed by atoms with Crippen molar-refractivity contribution in [3.63, 3.8) is 0 Å². The van der Waals surface area contributed by atoms with Gasteiger partial charge in [0.05, 0.1) is 0 Å². The fraction of sp³-hybridized carbons (Fsp3) is 0.333. The smallest absolute Gasteiger partial charge is 0.0211 e. The molecule has 0 saturated carbocycles. The third-order valence-corrected chi connectivity index (χ3v) is 4.33. The van der Waals surface area contributed by atoms with E-state index in [1.807, 2.05) is 0 Å². The van der Waals surface area contributed by atoms with Crippen molar-refractivity contribution >= 4 is 0 Å². The molecule has 1 heteroatoms. The van der Waals surface area contributed by atoms with Gasteiger partial charge in [-0.15, -0.1) is 0 Å². The summed E-state index contributed by atoms with van der Waals surface area (Å²) in [4.78, 5) is 0. The lowest BCUT2D eigenvalue weighted by Gasteiger charge is -2.34. The standard InChI is InChI=1S/C18H21N/c1-13-7-6-10-16-12-19-17(14(2)18(13)16)11-15-8-4-3-5-9-15/h3-10,14,17,19H,11-12H2,1-2H3. The SMILES string of the molecule is Cc1cccc2c1C(C)C(Cc1ccccc1)NC2. The van der Waals surface area contributed by atoms with Crippen LogP contribution in [-0.4, -0.2) is 6.04 Å². The van der Waals surface area contributed by atoms with Crippen molar-refractivity contribution in [2.75, 3.05) is 0 Å². The Morgan fingerprint density at radius 2 is 1.84 bits per heavy atom. The Bertz CT molecular complexity index is 559. The highest BCUT2D eigenvalue weighted by Gasteiger charge is 2.26. The molecule has 3 rings (SSSR count). The van der Waals surface area contributed by atoms with E-state index in [0.717, 1.165) is 13.0 Å². The molecule has 1 heterocycles. The molecule has 0 radical (unpaired) electrons. The number of nitrogens with one attached hydrogen (secondary N) is 1. The predicted molar refractivity (Wildman–Crippen MR) is 80.4 cm³/mol. The van der Waals surface area contributed by atoms with E-state index in [1.165, 1.54) is 16.7 Å². The largest absolute Gasteiger partial charge is 0.309 e. The molecule has 2 aromatic carbocycles. The maximum atomic E-state index is 3.70. The molecule has 2 atom stereocenters. The molecule has 2 aromatic rings. The first-order chi connectivity index (χ1) is 9.25. The molecular weight excluding hydrogens is 230 g/mol. The van der Waals surface area contributed by atoms with E-state index in [4.69, 9.17) is 0 Å². The summed E-state index contributed by atoms with van der Waals surface area (Å²) in [6, 6.07) is 18.0. The van der Waals surface area contributed by atoms with Crippen molar-refractivity contribution < 1.29 is 0 Å². The molecule has 0 amide bonds. The number of rotatable bonds is 2. The van der Waals surface area contributed by atoms with Crippen LogP contribution in [0.1, 0.15) is 35.1 Å². The fourth-order valence-electron chi connectivity index (χ4n) is 3.28. The van der Waals surface area contributed by atoms with Gasteiger partial charge in [0, 0.05) is 12.6 Å². The monoisotopic (exact) mass is 251 g/mol. The highest BCUT2D eigenvalue weighted by atomic mass is 14.9. The second-order valence-electron chi connectivity index (χ2n) is 5.61. The van der Waals surface area contributed by atoms with E-state index in [-0.39, 0.29) is 0 Å². The molecule has 1 N–H and O–H groups in total. The van der Waals surface area contributed by atoms with Gasteiger partial charge in [0.1, 0.15) is 0 Å². The van der Waals surface area contributed by atoms with Crippen LogP contribution < -0.4 is 5.32 Å². The van der Waals surface area contributed by atoms with Gasteiger partial charge in [-0.3, -0.25) is 0 Å². The zero-order chi connectivity index (χ0) is 13.2. The molecular formula is C18H21N. The van der Waals surface area contributed by atoms with Crippen LogP contribution in [0.2, 0.25) is 0 Å². The highest BCUT2D eigenvalue weighted by Crippen LogP contribution is 2.31. The van der Waals surface area contributed by atoms with E-state index < -0.39 is 0 Å². The van der Waals surface area contributed by atoms with Crippen molar-refractivity contribution in [1.82, 2.24) is 5.32 Å². The molecule has 0 fully saturated rings. The Morgan fingerprint density at radius 3 is 2.63 bits per heavy atom. The molecule has 1 aliphatic rings. The summed E-state index contributed by atoms with van der Waals surface area (Å²) in [5, 5.41) is 3.70. The van der Waals surface area contributed by atoms with Crippen LogP contribution in [0.3, 0.4) is 0 Å². The van der Waals surface area contributed by atoms with Gasteiger partial charge in [-0.05, 0) is 41.5 Å². The van der Waals surface area contributed by atoms with Gasteiger partial charge in [0.15, 0.2) is 0 Å². The summed E-state index contributed by atoms with van der Waals surface area (Å²) in [6.07, 6.45) is 1.11. The second-order valence-corrected chi connectivity index (χ2v) is 5.61. The van der Waals surface area contributed by atoms with Gasteiger partial charge in [-0.2, -0.15) is 0 Å². The minimum absolute atomic E-state index is 0.538. The molecule has 0 bridgehead atoms. The second kappa shape index (κ2) is 5.18. The zero-order valence-electron chi connectivity index (χ0n) is 11.7. The van der Waals surface area contributed by atoms with Crippen LogP contribution in [-0.2, 0) is 13.0 Å². The van der Waals surface area contributed by atoms with Crippen LogP contribution >= 0.6 is 0 Å². The number of hydrogen-bond acceptors (Lipinski definition) is 1. The zero-order valence-corrected chi connectivity index (χ0v) is 11.7. The van der Waals surface area contributed by atoms with Crippen molar-refractivity contribution in [3.8, 4) is 0 Å². The summed E-state index contributed by atoms with van der Waals surface area (Å²) < 4.78 is 0. The summed E-state index contributed by atoms with van der Waals surface area (Å²) in [5.41, 5.74) is 5.88. The Morgan fingerprint density at radius 1 is 1.05 bits per heavy atom. The van der Waals surface area contributed by atoms with Gasteiger partial charge >= 0.3 is 0 Å². The van der Waals surface area contributed by atoms with Gasteiger partial charge in [0.2, 0.25) is 0 Å².